The molecule has 3 rings (SSSR count). The van der Waals surface area contributed by atoms with Gasteiger partial charge < -0.3 is 18.8 Å². The van der Waals surface area contributed by atoms with E-state index in [9.17, 15) is 9.59 Å². The van der Waals surface area contributed by atoms with Crippen LogP contribution in [0.4, 0.5) is 4.79 Å². The van der Waals surface area contributed by atoms with Gasteiger partial charge in [-0.2, -0.15) is 0 Å². The first-order chi connectivity index (χ1) is 12.1. The average Bonchev–Trinajstić information content (AvgIpc) is 2.62. The third-order valence-electron chi connectivity index (χ3n) is 4.33. The molecule has 1 aliphatic heterocycles. The normalized spacial score (nSPS) is 15.4. The van der Waals surface area contributed by atoms with Crippen molar-refractivity contribution in [3.8, 4) is 5.75 Å². The number of carbonyl (C=O) groups is 1. The van der Waals surface area contributed by atoms with Gasteiger partial charge in [-0.1, -0.05) is 0 Å². The average molecular weight is 346 g/mol. The van der Waals surface area contributed by atoms with Crippen LogP contribution in [-0.4, -0.2) is 55.8 Å². The lowest BCUT2D eigenvalue weighted by Gasteiger charge is -2.34. The van der Waals surface area contributed by atoms with Gasteiger partial charge in [0.05, 0.1) is 13.7 Å². The van der Waals surface area contributed by atoms with Gasteiger partial charge in [0.1, 0.15) is 11.3 Å². The molecule has 1 aliphatic rings. The first-order valence-electron chi connectivity index (χ1n) is 8.35. The summed E-state index contributed by atoms with van der Waals surface area (Å²) in [6, 6.07) is 6.92. The van der Waals surface area contributed by atoms with Crippen LogP contribution in [0, 0.1) is 0 Å². The summed E-state index contributed by atoms with van der Waals surface area (Å²) in [5, 5.41) is 0.867. The zero-order valence-electron chi connectivity index (χ0n) is 14.5. The Morgan fingerprint density at radius 2 is 1.96 bits per heavy atom. The van der Waals surface area contributed by atoms with E-state index >= 15 is 0 Å². The fraction of sp³-hybridized carbons (Fsp3) is 0.444. The molecule has 1 aromatic heterocycles. The summed E-state index contributed by atoms with van der Waals surface area (Å²) in [5.41, 5.74) is 1.08. The van der Waals surface area contributed by atoms with E-state index in [0.29, 0.717) is 31.8 Å². The Labute approximate surface area is 145 Å². The Bertz CT molecular complexity index is 809. The maximum absolute atomic E-state index is 11.8. The largest absolute Gasteiger partial charge is 0.497 e. The summed E-state index contributed by atoms with van der Waals surface area (Å²) in [6.07, 6.45) is -0.266. The smallest absolute Gasteiger partial charge is 0.409 e. The molecule has 25 heavy (non-hydrogen) atoms. The van der Waals surface area contributed by atoms with Crippen LogP contribution in [0.3, 0.4) is 0 Å². The Balaban J connectivity index is 1.75. The van der Waals surface area contributed by atoms with E-state index in [0.717, 1.165) is 29.8 Å². The monoisotopic (exact) mass is 346 g/mol. The lowest BCUT2D eigenvalue weighted by atomic mass is 10.1. The molecule has 0 bridgehead atoms. The van der Waals surface area contributed by atoms with E-state index < -0.39 is 0 Å². The molecule has 7 nitrogen and oxygen atoms in total. The van der Waals surface area contributed by atoms with Crippen LogP contribution in [0.1, 0.15) is 12.5 Å². The molecular formula is C18H22N2O5. The molecule has 2 heterocycles. The van der Waals surface area contributed by atoms with Gasteiger partial charge in [0.15, 0.2) is 0 Å². The zero-order chi connectivity index (χ0) is 17.8. The highest BCUT2D eigenvalue weighted by molar-refractivity contribution is 5.81. The summed E-state index contributed by atoms with van der Waals surface area (Å²) in [4.78, 5) is 27.5. The Morgan fingerprint density at radius 3 is 2.64 bits per heavy atom. The number of amides is 1. The molecule has 0 spiro atoms. The Hall–Kier alpha value is -2.54. The molecular weight excluding hydrogens is 324 g/mol. The lowest BCUT2D eigenvalue weighted by Crippen LogP contribution is -2.48. The summed E-state index contributed by atoms with van der Waals surface area (Å²) in [5.74, 6) is 0.717. The van der Waals surface area contributed by atoms with Crippen LogP contribution in [0.5, 0.6) is 5.75 Å². The molecule has 0 saturated carbocycles. The summed E-state index contributed by atoms with van der Waals surface area (Å²) in [6.45, 7) is 5.48. The first-order valence-corrected chi connectivity index (χ1v) is 8.35. The van der Waals surface area contributed by atoms with E-state index in [1.165, 1.54) is 6.07 Å². The molecule has 1 fully saturated rings. The molecule has 134 valence electrons. The fourth-order valence-electron chi connectivity index (χ4n) is 3.01. The van der Waals surface area contributed by atoms with E-state index in [-0.39, 0.29) is 11.7 Å². The van der Waals surface area contributed by atoms with Crippen molar-refractivity contribution in [2.45, 2.75) is 13.5 Å². The van der Waals surface area contributed by atoms with Crippen molar-refractivity contribution in [2.24, 2.45) is 0 Å². The minimum absolute atomic E-state index is 0.266. The van der Waals surface area contributed by atoms with Crippen LogP contribution in [-0.2, 0) is 11.3 Å². The van der Waals surface area contributed by atoms with Crippen molar-refractivity contribution < 1.29 is 18.7 Å². The minimum atomic E-state index is -0.363. The quantitative estimate of drug-likeness (QED) is 0.789. The summed E-state index contributed by atoms with van der Waals surface area (Å²) < 4.78 is 15.6. The number of ether oxygens (including phenoxy) is 2. The van der Waals surface area contributed by atoms with Crippen LogP contribution in [0.2, 0.25) is 0 Å². The van der Waals surface area contributed by atoms with Crippen LogP contribution < -0.4 is 10.4 Å². The number of carbonyl (C=O) groups excluding carboxylic acids is 1. The second kappa shape index (κ2) is 7.57. The molecule has 0 radical (unpaired) electrons. The van der Waals surface area contributed by atoms with Crippen molar-refractivity contribution in [1.82, 2.24) is 9.80 Å². The number of fused-ring (bicyclic) bond motifs is 1. The number of benzene rings is 1. The first kappa shape index (κ1) is 17.3. The van der Waals surface area contributed by atoms with Gasteiger partial charge in [-0.3, -0.25) is 4.90 Å². The Morgan fingerprint density at radius 1 is 1.20 bits per heavy atom. The highest BCUT2D eigenvalue weighted by atomic mass is 16.6. The molecule has 7 heteroatoms. The van der Waals surface area contributed by atoms with Crippen molar-refractivity contribution in [2.75, 3.05) is 39.9 Å². The van der Waals surface area contributed by atoms with Crippen molar-refractivity contribution in [1.29, 1.82) is 0 Å². The van der Waals surface area contributed by atoms with E-state index in [1.54, 1.807) is 31.1 Å². The van der Waals surface area contributed by atoms with Crippen LogP contribution >= 0.6 is 0 Å². The maximum atomic E-state index is 11.8. The van der Waals surface area contributed by atoms with Crippen LogP contribution in [0.15, 0.2) is 33.5 Å². The number of hydrogen-bond acceptors (Lipinski definition) is 6. The van der Waals surface area contributed by atoms with Gasteiger partial charge in [0, 0.05) is 44.2 Å². The maximum Gasteiger partial charge on any atom is 0.409 e. The molecule has 0 unspecified atom stereocenters. The van der Waals surface area contributed by atoms with Crippen molar-refractivity contribution in [3.05, 3.63) is 40.2 Å². The predicted octanol–water partition coefficient (Wildman–Crippen LogP) is 2.08. The lowest BCUT2D eigenvalue weighted by molar-refractivity contribution is 0.0779. The molecule has 1 amide bonds. The summed E-state index contributed by atoms with van der Waals surface area (Å²) >= 11 is 0. The van der Waals surface area contributed by atoms with E-state index in [1.807, 2.05) is 6.07 Å². The highest BCUT2D eigenvalue weighted by Crippen LogP contribution is 2.24. The topological polar surface area (TPSA) is 72.2 Å². The third kappa shape index (κ3) is 3.93. The van der Waals surface area contributed by atoms with Crippen molar-refractivity contribution >= 4 is 17.1 Å². The molecule has 1 aromatic carbocycles. The number of rotatable bonds is 4. The number of hydrogen-bond donors (Lipinski definition) is 0. The standard InChI is InChI=1S/C18H22N2O5/c1-3-24-18(22)20-8-6-19(7-9-20)12-13-10-17(21)25-16-5-4-14(23-2)11-15(13)16/h4-5,10-11H,3,6-9,12H2,1-2H3. The third-order valence-corrected chi connectivity index (χ3v) is 4.33. The number of methoxy groups -OCH3 is 1. The van der Waals surface area contributed by atoms with Gasteiger partial charge in [-0.05, 0) is 30.7 Å². The van der Waals surface area contributed by atoms with Gasteiger partial charge in [0.25, 0.3) is 0 Å². The van der Waals surface area contributed by atoms with Gasteiger partial charge in [-0.15, -0.1) is 0 Å². The molecule has 0 N–H and O–H groups in total. The second-order valence-corrected chi connectivity index (χ2v) is 5.91. The SMILES string of the molecule is CCOC(=O)N1CCN(Cc2cc(=O)oc3ccc(OC)cc23)CC1. The van der Waals surface area contributed by atoms with E-state index in [4.69, 9.17) is 13.9 Å². The van der Waals surface area contributed by atoms with Gasteiger partial charge >= 0.3 is 11.7 Å². The Kier molecular flexibility index (Phi) is 5.23. The highest BCUT2D eigenvalue weighted by Gasteiger charge is 2.22. The molecule has 1 saturated heterocycles. The van der Waals surface area contributed by atoms with E-state index in [2.05, 4.69) is 4.90 Å². The van der Waals surface area contributed by atoms with Gasteiger partial charge in [0.2, 0.25) is 0 Å². The number of piperazine rings is 1. The fourth-order valence-corrected chi connectivity index (χ4v) is 3.01. The molecule has 2 aromatic rings. The minimum Gasteiger partial charge on any atom is -0.497 e. The van der Waals surface area contributed by atoms with Crippen molar-refractivity contribution in [3.63, 3.8) is 0 Å². The second-order valence-electron chi connectivity index (χ2n) is 5.91. The zero-order valence-corrected chi connectivity index (χ0v) is 14.5. The predicted molar refractivity (Wildman–Crippen MR) is 92.9 cm³/mol. The molecule has 0 aliphatic carbocycles. The molecule has 0 atom stereocenters. The van der Waals surface area contributed by atoms with Crippen LogP contribution in [0.25, 0.3) is 11.0 Å². The number of nitrogens with zero attached hydrogens (tertiary/aromatic N) is 2. The van der Waals surface area contributed by atoms with Gasteiger partial charge in [-0.25, -0.2) is 9.59 Å². The summed E-state index contributed by atoms with van der Waals surface area (Å²) in [7, 11) is 1.61.